The summed E-state index contributed by atoms with van der Waals surface area (Å²) in [5.41, 5.74) is -0.493. The number of fused-ring (bicyclic) bond motifs is 1. The van der Waals surface area contributed by atoms with Crippen LogP contribution in [0, 0.1) is 10.1 Å². The van der Waals surface area contributed by atoms with Crippen molar-refractivity contribution in [3.63, 3.8) is 0 Å². The molecule has 0 spiro atoms. The molecule has 1 amide bonds. The number of nitro benzene ring substituents is 1. The fourth-order valence-electron chi connectivity index (χ4n) is 2.53. The number of rotatable bonds is 6. The largest absolute Gasteiger partial charge is 0.502 e. The van der Waals surface area contributed by atoms with Crippen LogP contribution in [0.4, 0.5) is 11.4 Å². The van der Waals surface area contributed by atoms with E-state index >= 15 is 0 Å². The Balaban J connectivity index is 1.65. The van der Waals surface area contributed by atoms with Crippen LogP contribution in [0.2, 0.25) is 0 Å². The zero-order valence-corrected chi connectivity index (χ0v) is 15.3. The Labute approximate surface area is 159 Å². The van der Waals surface area contributed by atoms with Gasteiger partial charge >= 0.3 is 5.69 Å². The number of phenolic OH excluding ortho intramolecular Hbond substituents is 1. The third kappa shape index (κ3) is 4.31. The van der Waals surface area contributed by atoms with E-state index in [1.54, 1.807) is 0 Å². The smallest absolute Gasteiger partial charge is 0.312 e. The number of nitrogens with one attached hydrogen (secondary N) is 1. The first-order chi connectivity index (χ1) is 13.3. The number of amides is 1. The minimum absolute atomic E-state index is 0.00446. The van der Waals surface area contributed by atoms with Crippen LogP contribution in [0.5, 0.6) is 17.2 Å². The molecule has 11 heteroatoms. The number of nitrogens with zero attached hydrogens (tertiary/aromatic N) is 1. The Kier molecular flexibility index (Phi) is 5.36. The first-order valence-electron chi connectivity index (χ1n) is 8.16. The van der Waals surface area contributed by atoms with Crippen LogP contribution in [0.3, 0.4) is 0 Å². The molecule has 0 saturated heterocycles. The number of anilines is 1. The van der Waals surface area contributed by atoms with E-state index in [-0.39, 0.29) is 17.0 Å². The molecule has 2 aromatic carbocycles. The number of aromatic hydroxyl groups is 1. The molecule has 3 rings (SSSR count). The lowest BCUT2D eigenvalue weighted by molar-refractivity contribution is -0.385. The lowest BCUT2D eigenvalue weighted by Crippen LogP contribution is -2.18. The highest BCUT2D eigenvalue weighted by Crippen LogP contribution is 2.33. The van der Waals surface area contributed by atoms with Crippen LogP contribution in [-0.4, -0.2) is 43.3 Å². The van der Waals surface area contributed by atoms with Crippen molar-refractivity contribution in [3.05, 3.63) is 46.5 Å². The first-order valence-corrected chi connectivity index (χ1v) is 9.81. The van der Waals surface area contributed by atoms with Gasteiger partial charge in [-0.15, -0.1) is 0 Å². The van der Waals surface area contributed by atoms with Crippen molar-refractivity contribution in [3.8, 4) is 17.2 Å². The maximum absolute atomic E-state index is 12.5. The molecule has 0 radical (unpaired) electrons. The van der Waals surface area contributed by atoms with Crippen molar-refractivity contribution in [2.75, 3.05) is 24.3 Å². The van der Waals surface area contributed by atoms with E-state index in [4.69, 9.17) is 9.47 Å². The minimum atomic E-state index is -3.75. The maximum Gasteiger partial charge on any atom is 0.312 e. The van der Waals surface area contributed by atoms with E-state index in [0.29, 0.717) is 24.7 Å². The van der Waals surface area contributed by atoms with Gasteiger partial charge in [0.1, 0.15) is 13.2 Å². The van der Waals surface area contributed by atoms with Crippen LogP contribution in [-0.2, 0) is 14.6 Å². The summed E-state index contributed by atoms with van der Waals surface area (Å²) >= 11 is 0. The summed E-state index contributed by atoms with van der Waals surface area (Å²) in [6.45, 7) is 0.701. The molecule has 0 aliphatic carbocycles. The highest BCUT2D eigenvalue weighted by molar-refractivity contribution is 7.91. The average molecular weight is 408 g/mol. The molecule has 0 saturated carbocycles. The normalized spacial score (nSPS) is 13.0. The van der Waals surface area contributed by atoms with Gasteiger partial charge in [-0.05, 0) is 24.3 Å². The Hall–Kier alpha value is -3.34. The predicted molar refractivity (Wildman–Crippen MR) is 97.5 cm³/mol. The first kappa shape index (κ1) is 19.4. The van der Waals surface area contributed by atoms with Gasteiger partial charge in [-0.1, -0.05) is 0 Å². The van der Waals surface area contributed by atoms with E-state index in [2.05, 4.69) is 5.32 Å². The van der Waals surface area contributed by atoms with Crippen molar-refractivity contribution in [1.82, 2.24) is 0 Å². The number of carbonyl (C=O) groups is 1. The van der Waals surface area contributed by atoms with E-state index in [1.165, 1.54) is 24.3 Å². The van der Waals surface area contributed by atoms with Gasteiger partial charge in [-0.2, -0.15) is 0 Å². The van der Waals surface area contributed by atoms with Gasteiger partial charge in [0.2, 0.25) is 5.91 Å². The second kappa shape index (κ2) is 7.72. The zero-order chi connectivity index (χ0) is 20.3. The topological polar surface area (TPSA) is 145 Å². The summed E-state index contributed by atoms with van der Waals surface area (Å²) in [4.78, 5) is 22.1. The highest BCUT2D eigenvalue weighted by Gasteiger charge is 2.21. The van der Waals surface area contributed by atoms with Crippen LogP contribution >= 0.6 is 0 Å². The van der Waals surface area contributed by atoms with Gasteiger partial charge in [-0.25, -0.2) is 8.42 Å². The Morgan fingerprint density at radius 3 is 2.57 bits per heavy atom. The number of nitro groups is 1. The van der Waals surface area contributed by atoms with Crippen molar-refractivity contribution < 1.29 is 32.7 Å². The van der Waals surface area contributed by atoms with Crippen LogP contribution in [0.1, 0.15) is 6.42 Å². The van der Waals surface area contributed by atoms with Gasteiger partial charge in [0.15, 0.2) is 27.1 Å². The molecule has 10 nitrogen and oxygen atoms in total. The summed E-state index contributed by atoms with van der Waals surface area (Å²) in [6.07, 6.45) is -0.356. The van der Waals surface area contributed by atoms with Crippen molar-refractivity contribution in [2.24, 2.45) is 0 Å². The fourth-order valence-corrected chi connectivity index (χ4v) is 3.78. The van der Waals surface area contributed by atoms with E-state index in [0.717, 1.165) is 12.1 Å². The molecule has 1 aliphatic rings. The van der Waals surface area contributed by atoms with Gasteiger partial charge in [-0.3, -0.25) is 14.9 Å². The van der Waals surface area contributed by atoms with E-state index < -0.39 is 37.9 Å². The Morgan fingerprint density at radius 1 is 1.14 bits per heavy atom. The highest BCUT2D eigenvalue weighted by atomic mass is 32.2. The van der Waals surface area contributed by atoms with Crippen LogP contribution < -0.4 is 14.8 Å². The molecule has 148 valence electrons. The lowest BCUT2D eigenvalue weighted by Gasteiger charge is -2.18. The lowest BCUT2D eigenvalue weighted by atomic mass is 10.2. The van der Waals surface area contributed by atoms with Crippen molar-refractivity contribution in [1.29, 1.82) is 0 Å². The van der Waals surface area contributed by atoms with Crippen LogP contribution in [0.15, 0.2) is 41.3 Å². The van der Waals surface area contributed by atoms with Crippen LogP contribution in [0.25, 0.3) is 0 Å². The Morgan fingerprint density at radius 2 is 1.86 bits per heavy atom. The third-order valence-corrected chi connectivity index (χ3v) is 5.64. The molecule has 28 heavy (non-hydrogen) atoms. The summed E-state index contributed by atoms with van der Waals surface area (Å²) in [6, 6.07) is 7.56. The number of benzene rings is 2. The summed E-state index contributed by atoms with van der Waals surface area (Å²) < 4.78 is 35.6. The van der Waals surface area contributed by atoms with Gasteiger partial charge in [0, 0.05) is 24.2 Å². The summed E-state index contributed by atoms with van der Waals surface area (Å²) in [5.74, 6) is -0.853. The molecule has 0 fully saturated rings. The summed E-state index contributed by atoms with van der Waals surface area (Å²) in [5, 5.41) is 22.6. The quantitative estimate of drug-likeness (QED) is 0.419. The number of hydrogen-bond donors (Lipinski definition) is 2. The molecule has 2 N–H and O–H groups in total. The molecule has 0 unspecified atom stereocenters. The van der Waals surface area contributed by atoms with E-state index in [9.17, 15) is 28.4 Å². The maximum atomic E-state index is 12.5. The Bertz CT molecular complexity index is 1040. The van der Waals surface area contributed by atoms with Gasteiger partial charge in [0.25, 0.3) is 0 Å². The molecule has 0 bridgehead atoms. The van der Waals surface area contributed by atoms with E-state index in [1.807, 2.05) is 0 Å². The zero-order valence-electron chi connectivity index (χ0n) is 14.5. The molecular weight excluding hydrogens is 392 g/mol. The predicted octanol–water partition coefficient (Wildman–Crippen LogP) is 1.87. The molecular formula is C17H16N2O8S. The summed E-state index contributed by atoms with van der Waals surface area (Å²) in [7, 11) is -3.75. The number of carbonyl (C=O) groups excluding carboxylic acids is 1. The van der Waals surface area contributed by atoms with Gasteiger partial charge in [0.05, 0.1) is 15.6 Å². The second-order valence-corrected chi connectivity index (χ2v) is 7.99. The standard InChI is InChI=1S/C17H16N2O8S/c20-14-3-1-11(9-13(14)19(22)23)18-17(21)5-8-28(24,25)12-2-4-15-16(10-12)27-7-6-26-15/h1-4,9-10,20H,5-8H2,(H,18,21). The monoisotopic (exact) mass is 408 g/mol. The number of phenols is 1. The molecule has 1 aliphatic heterocycles. The second-order valence-electron chi connectivity index (χ2n) is 5.88. The fraction of sp³-hybridized carbons (Fsp3) is 0.235. The minimum Gasteiger partial charge on any atom is -0.502 e. The number of sulfone groups is 1. The molecule has 0 aromatic heterocycles. The molecule has 2 aromatic rings. The third-order valence-electron chi connectivity index (χ3n) is 3.93. The SMILES string of the molecule is O=C(CCS(=O)(=O)c1ccc2c(c1)OCCO2)Nc1ccc(O)c([N+](=O)[O-])c1. The number of ether oxygens (including phenoxy) is 2. The number of hydrogen-bond acceptors (Lipinski definition) is 8. The average Bonchev–Trinajstić information content (AvgIpc) is 2.67. The van der Waals surface area contributed by atoms with Crippen molar-refractivity contribution >= 4 is 27.1 Å². The van der Waals surface area contributed by atoms with Crippen molar-refractivity contribution in [2.45, 2.75) is 11.3 Å². The molecule has 0 atom stereocenters. The molecule has 1 heterocycles. The van der Waals surface area contributed by atoms with Gasteiger partial charge < -0.3 is 19.9 Å².